The molecule has 1 N–H and O–H groups in total. The summed E-state index contributed by atoms with van der Waals surface area (Å²) in [6.07, 6.45) is 1.91. The molecule has 5 nitrogen and oxygen atoms in total. The Morgan fingerprint density at radius 1 is 1.17 bits per heavy atom. The first-order chi connectivity index (χ1) is 11.0. The van der Waals surface area contributed by atoms with Gasteiger partial charge in [-0.05, 0) is 26.3 Å². The van der Waals surface area contributed by atoms with Crippen LogP contribution in [0.2, 0.25) is 0 Å². The van der Waals surface area contributed by atoms with Crippen LogP contribution in [-0.4, -0.2) is 22.2 Å². The van der Waals surface area contributed by atoms with Crippen LogP contribution >= 0.6 is 0 Å². The van der Waals surface area contributed by atoms with E-state index in [4.69, 9.17) is 0 Å². The van der Waals surface area contributed by atoms with E-state index in [1.807, 2.05) is 30.3 Å². The molecule has 0 unspecified atom stereocenters. The van der Waals surface area contributed by atoms with Gasteiger partial charge in [-0.2, -0.15) is 5.10 Å². The van der Waals surface area contributed by atoms with Crippen LogP contribution in [0.5, 0.6) is 0 Å². The van der Waals surface area contributed by atoms with Gasteiger partial charge < -0.3 is 5.32 Å². The van der Waals surface area contributed by atoms with E-state index >= 15 is 0 Å². The predicted molar refractivity (Wildman–Crippen MR) is 91.2 cm³/mol. The molecule has 0 atom stereocenters. The first-order valence-corrected chi connectivity index (χ1v) is 7.91. The number of hydrogen-bond donors (Lipinski definition) is 1. The van der Waals surface area contributed by atoms with E-state index in [0.717, 1.165) is 18.4 Å². The molecule has 0 radical (unpaired) electrons. The van der Waals surface area contributed by atoms with Gasteiger partial charge in [0.05, 0.1) is 5.69 Å². The molecule has 1 amide bonds. The highest BCUT2D eigenvalue weighted by Gasteiger charge is 2.31. The minimum atomic E-state index is -1.05. The Kier molecular flexibility index (Phi) is 5.32. The number of unbranched alkanes of at least 4 members (excludes halogenated alkanes) is 1. The molecule has 0 saturated heterocycles. The Morgan fingerprint density at radius 2 is 1.87 bits per heavy atom. The standard InChI is InChI=1S/C18H23N3O2/c1-4-5-13-19-17(23)18(2,3)21-16(22)12-11-15(20-21)14-9-7-6-8-10-14/h6-12H,4-5,13H2,1-3H3,(H,19,23). The van der Waals surface area contributed by atoms with Crippen molar-refractivity contribution in [3.8, 4) is 11.3 Å². The Labute approximate surface area is 136 Å². The third kappa shape index (κ3) is 3.86. The molecule has 0 aliphatic heterocycles. The molecule has 0 spiro atoms. The smallest absolute Gasteiger partial charge is 0.267 e. The van der Waals surface area contributed by atoms with Crippen LogP contribution in [-0.2, 0) is 10.3 Å². The molecule has 0 saturated carbocycles. The SMILES string of the molecule is CCCCNC(=O)C(C)(C)n1nc(-c2ccccc2)ccc1=O. The average molecular weight is 313 g/mol. The van der Waals surface area contributed by atoms with Crippen molar-refractivity contribution in [3.63, 3.8) is 0 Å². The number of amides is 1. The second-order valence-electron chi connectivity index (χ2n) is 6.00. The maximum Gasteiger partial charge on any atom is 0.267 e. The molecule has 1 heterocycles. The number of carbonyl (C=O) groups excluding carboxylic acids is 1. The maximum atomic E-state index is 12.4. The Balaban J connectivity index is 2.34. The number of benzene rings is 1. The van der Waals surface area contributed by atoms with E-state index in [0.29, 0.717) is 12.2 Å². The van der Waals surface area contributed by atoms with Gasteiger partial charge in [0.15, 0.2) is 0 Å². The molecule has 5 heteroatoms. The molecular formula is C18H23N3O2. The Morgan fingerprint density at radius 3 is 2.52 bits per heavy atom. The van der Waals surface area contributed by atoms with Crippen LogP contribution in [0.3, 0.4) is 0 Å². The predicted octanol–water partition coefficient (Wildman–Crippen LogP) is 2.56. The molecule has 1 aromatic carbocycles. The van der Waals surface area contributed by atoms with Crippen molar-refractivity contribution in [1.82, 2.24) is 15.1 Å². The second kappa shape index (κ2) is 7.22. The summed E-state index contributed by atoms with van der Waals surface area (Å²) in [6.45, 7) is 6.08. The van der Waals surface area contributed by atoms with E-state index in [-0.39, 0.29) is 11.5 Å². The van der Waals surface area contributed by atoms with Crippen LogP contribution in [0.1, 0.15) is 33.6 Å². The second-order valence-corrected chi connectivity index (χ2v) is 6.00. The Hall–Kier alpha value is -2.43. The van der Waals surface area contributed by atoms with Crippen LogP contribution < -0.4 is 10.9 Å². The number of nitrogens with one attached hydrogen (secondary N) is 1. The zero-order valence-electron chi connectivity index (χ0n) is 13.9. The number of nitrogens with zero attached hydrogens (tertiary/aromatic N) is 2. The minimum absolute atomic E-state index is 0.203. The normalized spacial score (nSPS) is 11.3. The van der Waals surface area contributed by atoms with Gasteiger partial charge >= 0.3 is 0 Å². The minimum Gasteiger partial charge on any atom is -0.354 e. The van der Waals surface area contributed by atoms with E-state index < -0.39 is 5.54 Å². The van der Waals surface area contributed by atoms with Crippen molar-refractivity contribution < 1.29 is 4.79 Å². The van der Waals surface area contributed by atoms with Crippen LogP contribution in [0, 0.1) is 0 Å². The fourth-order valence-corrected chi connectivity index (χ4v) is 2.27. The van der Waals surface area contributed by atoms with Gasteiger partial charge in [0, 0.05) is 18.2 Å². The zero-order chi connectivity index (χ0) is 16.9. The first kappa shape index (κ1) is 16.9. The summed E-state index contributed by atoms with van der Waals surface area (Å²) in [5, 5.41) is 7.28. The molecule has 122 valence electrons. The van der Waals surface area contributed by atoms with Gasteiger partial charge in [0.25, 0.3) is 5.56 Å². The number of hydrogen-bond acceptors (Lipinski definition) is 3. The van der Waals surface area contributed by atoms with E-state index in [1.54, 1.807) is 19.9 Å². The van der Waals surface area contributed by atoms with Crippen molar-refractivity contribution in [2.24, 2.45) is 0 Å². The number of aromatic nitrogens is 2. The topological polar surface area (TPSA) is 64.0 Å². The van der Waals surface area contributed by atoms with Crippen molar-refractivity contribution in [2.45, 2.75) is 39.2 Å². The lowest BCUT2D eigenvalue weighted by Gasteiger charge is -2.25. The quantitative estimate of drug-likeness (QED) is 0.834. The van der Waals surface area contributed by atoms with Crippen molar-refractivity contribution >= 4 is 5.91 Å². The van der Waals surface area contributed by atoms with Crippen molar-refractivity contribution in [1.29, 1.82) is 0 Å². The highest BCUT2D eigenvalue weighted by molar-refractivity contribution is 5.83. The largest absolute Gasteiger partial charge is 0.354 e. The lowest BCUT2D eigenvalue weighted by atomic mass is 10.0. The van der Waals surface area contributed by atoms with Gasteiger partial charge in [0.1, 0.15) is 5.54 Å². The van der Waals surface area contributed by atoms with Gasteiger partial charge in [-0.25, -0.2) is 4.68 Å². The molecule has 23 heavy (non-hydrogen) atoms. The molecule has 2 rings (SSSR count). The number of carbonyl (C=O) groups is 1. The molecule has 2 aromatic rings. The van der Waals surface area contributed by atoms with Crippen LogP contribution in [0.4, 0.5) is 0 Å². The molecule has 0 aliphatic rings. The first-order valence-electron chi connectivity index (χ1n) is 7.91. The molecule has 0 fully saturated rings. The highest BCUT2D eigenvalue weighted by Crippen LogP contribution is 2.17. The van der Waals surface area contributed by atoms with E-state index in [9.17, 15) is 9.59 Å². The highest BCUT2D eigenvalue weighted by atomic mass is 16.2. The van der Waals surface area contributed by atoms with E-state index in [2.05, 4.69) is 17.3 Å². The summed E-state index contributed by atoms with van der Waals surface area (Å²) in [4.78, 5) is 24.6. The fraction of sp³-hybridized carbons (Fsp3) is 0.389. The van der Waals surface area contributed by atoms with Gasteiger partial charge in [0.2, 0.25) is 5.91 Å². The van der Waals surface area contributed by atoms with Gasteiger partial charge in [-0.1, -0.05) is 43.7 Å². The van der Waals surface area contributed by atoms with Crippen molar-refractivity contribution in [2.75, 3.05) is 6.54 Å². The molecular weight excluding hydrogens is 290 g/mol. The zero-order valence-corrected chi connectivity index (χ0v) is 13.9. The fourth-order valence-electron chi connectivity index (χ4n) is 2.27. The third-order valence-corrected chi connectivity index (χ3v) is 3.77. The lowest BCUT2D eigenvalue weighted by molar-refractivity contribution is -0.129. The molecule has 1 aromatic heterocycles. The summed E-state index contributed by atoms with van der Waals surface area (Å²) in [7, 11) is 0. The van der Waals surface area contributed by atoms with Crippen LogP contribution in [0.25, 0.3) is 11.3 Å². The summed E-state index contributed by atoms with van der Waals surface area (Å²) in [5.74, 6) is -0.203. The number of rotatable bonds is 6. The van der Waals surface area contributed by atoms with Gasteiger partial charge in [-0.3, -0.25) is 9.59 Å². The summed E-state index contributed by atoms with van der Waals surface area (Å²) in [5.41, 5.74) is 0.235. The Bertz CT molecular complexity index is 721. The van der Waals surface area contributed by atoms with Gasteiger partial charge in [-0.15, -0.1) is 0 Å². The monoisotopic (exact) mass is 313 g/mol. The molecule has 0 aliphatic carbocycles. The molecule has 0 bridgehead atoms. The van der Waals surface area contributed by atoms with Crippen molar-refractivity contribution in [3.05, 3.63) is 52.8 Å². The average Bonchev–Trinajstić information content (AvgIpc) is 2.56. The maximum absolute atomic E-state index is 12.4. The van der Waals surface area contributed by atoms with Crippen LogP contribution in [0.15, 0.2) is 47.3 Å². The van der Waals surface area contributed by atoms with E-state index in [1.165, 1.54) is 10.7 Å². The lowest BCUT2D eigenvalue weighted by Crippen LogP contribution is -2.49. The summed E-state index contributed by atoms with van der Waals surface area (Å²) < 4.78 is 1.26. The third-order valence-electron chi connectivity index (χ3n) is 3.77. The summed E-state index contributed by atoms with van der Waals surface area (Å²) in [6, 6.07) is 12.7. The summed E-state index contributed by atoms with van der Waals surface area (Å²) >= 11 is 0.